The van der Waals surface area contributed by atoms with Gasteiger partial charge in [-0.1, -0.05) is 48.4 Å². The highest BCUT2D eigenvalue weighted by Crippen LogP contribution is 2.26. The van der Waals surface area contributed by atoms with Crippen molar-refractivity contribution < 1.29 is 9.18 Å². The Bertz CT molecular complexity index is 1440. The Kier molecular flexibility index (Phi) is 7.17. The molecule has 8 heteroatoms. The summed E-state index contributed by atoms with van der Waals surface area (Å²) >= 11 is 6.04. The molecule has 180 valence electrons. The first-order valence-electron chi connectivity index (χ1n) is 11.4. The lowest BCUT2D eigenvalue weighted by atomic mass is 10.1. The van der Waals surface area contributed by atoms with Gasteiger partial charge in [0, 0.05) is 12.2 Å². The normalized spacial score (nSPS) is 11.9. The standard InChI is InChI=1S/C27H26ClFN4O2/c1-4-15-32(27(35)30-19-11-9-17(2)10-12-19)18(3)25-31-24-8-6-5-7-21(24)26(34)33(25)20-13-14-23(29)22(28)16-20/h5-14,16,18H,4,15H2,1-3H3,(H,30,35). The second kappa shape index (κ2) is 10.3. The highest BCUT2D eigenvalue weighted by atomic mass is 35.5. The number of halogens is 2. The Morgan fingerprint density at radius 3 is 2.54 bits per heavy atom. The summed E-state index contributed by atoms with van der Waals surface area (Å²) < 4.78 is 15.3. The summed E-state index contributed by atoms with van der Waals surface area (Å²) in [7, 11) is 0. The van der Waals surface area contributed by atoms with Crippen molar-refractivity contribution in [3.8, 4) is 5.69 Å². The Hall–Kier alpha value is -3.71. The molecule has 0 aliphatic rings. The van der Waals surface area contributed by atoms with E-state index in [0.717, 1.165) is 5.56 Å². The van der Waals surface area contributed by atoms with Gasteiger partial charge in [0.05, 0.1) is 27.7 Å². The van der Waals surface area contributed by atoms with Crippen molar-refractivity contribution >= 4 is 34.2 Å². The van der Waals surface area contributed by atoms with E-state index in [9.17, 15) is 14.0 Å². The van der Waals surface area contributed by atoms with Gasteiger partial charge in [-0.05, 0) is 62.7 Å². The van der Waals surface area contributed by atoms with Crippen molar-refractivity contribution in [2.45, 2.75) is 33.2 Å². The summed E-state index contributed by atoms with van der Waals surface area (Å²) in [5.74, 6) is -0.235. The molecule has 0 saturated heterocycles. The number of urea groups is 1. The van der Waals surface area contributed by atoms with E-state index in [1.54, 1.807) is 29.2 Å². The fourth-order valence-corrected chi connectivity index (χ4v) is 4.16. The zero-order valence-electron chi connectivity index (χ0n) is 19.8. The molecule has 2 amide bonds. The van der Waals surface area contributed by atoms with Gasteiger partial charge in [0.1, 0.15) is 11.6 Å². The molecule has 0 spiro atoms. The summed E-state index contributed by atoms with van der Waals surface area (Å²) in [6, 6.07) is 17.7. The number of amides is 2. The third kappa shape index (κ3) is 5.05. The van der Waals surface area contributed by atoms with Crippen LogP contribution >= 0.6 is 11.6 Å². The minimum atomic E-state index is -0.586. The lowest BCUT2D eigenvalue weighted by Crippen LogP contribution is -2.40. The fraction of sp³-hybridized carbons (Fsp3) is 0.222. The molecule has 1 heterocycles. The molecule has 4 rings (SSSR count). The van der Waals surface area contributed by atoms with E-state index in [-0.39, 0.29) is 16.6 Å². The zero-order valence-corrected chi connectivity index (χ0v) is 20.5. The molecule has 1 N–H and O–H groups in total. The van der Waals surface area contributed by atoms with E-state index in [1.165, 1.54) is 22.8 Å². The maximum absolute atomic E-state index is 13.9. The minimum absolute atomic E-state index is 0.108. The molecule has 0 fully saturated rings. The number of nitrogens with one attached hydrogen (secondary N) is 1. The lowest BCUT2D eigenvalue weighted by Gasteiger charge is -2.30. The van der Waals surface area contributed by atoms with E-state index in [2.05, 4.69) is 5.32 Å². The van der Waals surface area contributed by atoms with Crippen molar-refractivity contribution in [3.63, 3.8) is 0 Å². The Labute approximate surface area is 208 Å². The number of carbonyl (C=O) groups excluding carboxylic acids is 1. The number of benzene rings is 3. The van der Waals surface area contributed by atoms with Crippen LogP contribution in [0.5, 0.6) is 0 Å². The molecule has 1 atom stereocenters. The van der Waals surface area contributed by atoms with E-state index in [4.69, 9.17) is 16.6 Å². The van der Waals surface area contributed by atoms with Gasteiger partial charge in [0.15, 0.2) is 0 Å². The molecule has 6 nitrogen and oxygen atoms in total. The van der Waals surface area contributed by atoms with Crippen LogP contribution in [0.25, 0.3) is 16.6 Å². The molecular formula is C27H26ClFN4O2. The third-order valence-electron chi connectivity index (χ3n) is 5.83. The van der Waals surface area contributed by atoms with Crippen LogP contribution in [0.3, 0.4) is 0 Å². The number of para-hydroxylation sites is 1. The van der Waals surface area contributed by atoms with Gasteiger partial charge in [-0.15, -0.1) is 0 Å². The van der Waals surface area contributed by atoms with Crippen LogP contribution in [-0.4, -0.2) is 27.0 Å². The molecule has 0 bridgehead atoms. The van der Waals surface area contributed by atoms with Crippen LogP contribution in [0, 0.1) is 12.7 Å². The van der Waals surface area contributed by atoms with E-state index < -0.39 is 11.9 Å². The maximum Gasteiger partial charge on any atom is 0.322 e. The summed E-state index contributed by atoms with van der Waals surface area (Å²) in [5, 5.41) is 3.24. The maximum atomic E-state index is 13.9. The van der Waals surface area contributed by atoms with Gasteiger partial charge in [0.25, 0.3) is 5.56 Å². The first-order chi connectivity index (χ1) is 16.8. The number of rotatable bonds is 6. The highest BCUT2D eigenvalue weighted by molar-refractivity contribution is 6.30. The summed E-state index contributed by atoms with van der Waals surface area (Å²) in [6.45, 7) is 6.21. The number of carbonyl (C=O) groups is 1. The van der Waals surface area contributed by atoms with E-state index in [1.807, 2.05) is 45.0 Å². The van der Waals surface area contributed by atoms with E-state index in [0.29, 0.717) is 41.1 Å². The van der Waals surface area contributed by atoms with Crippen LogP contribution in [-0.2, 0) is 0 Å². The summed E-state index contributed by atoms with van der Waals surface area (Å²) in [4.78, 5) is 33.3. The number of fused-ring (bicyclic) bond motifs is 1. The monoisotopic (exact) mass is 492 g/mol. The van der Waals surface area contributed by atoms with Gasteiger partial charge in [-0.3, -0.25) is 9.36 Å². The smallest absolute Gasteiger partial charge is 0.315 e. The van der Waals surface area contributed by atoms with Crippen molar-refractivity contribution in [1.29, 1.82) is 0 Å². The van der Waals surface area contributed by atoms with Gasteiger partial charge >= 0.3 is 6.03 Å². The quantitative estimate of drug-likeness (QED) is 0.334. The van der Waals surface area contributed by atoms with Gasteiger partial charge in [0.2, 0.25) is 0 Å². The first-order valence-corrected chi connectivity index (χ1v) is 11.8. The van der Waals surface area contributed by atoms with Crippen LogP contribution in [0.15, 0.2) is 71.5 Å². The second-order valence-electron chi connectivity index (χ2n) is 8.39. The number of nitrogens with zero attached hydrogens (tertiary/aromatic N) is 3. The van der Waals surface area contributed by atoms with Gasteiger partial charge < -0.3 is 10.2 Å². The Balaban J connectivity index is 1.83. The van der Waals surface area contributed by atoms with Crippen molar-refractivity contribution in [1.82, 2.24) is 14.5 Å². The van der Waals surface area contributed by atoms with Crippen LogP contribution in [0.1, 0.15) is 37.7 Å². The number of aryl methyl sites for hydroxylation is 1. The predicted octanol–water partition coefficient (Wildman–Crippen LogP) is 6.49. The molecule has 0 saturated carbocycles. The molecule has 1 aromatic heterocycles. The largest absolute Gasteiger partial charge is 0.322 e. The average Bonchev–Trinajstić information content (AvgIpc) is 2.85. The SMILES string of the molecule is CCCN(C(=O)Nc1ccc(C)cc1)C(C)c1nc2ccccc2c(=O)n1-c1ccc(F)c(Cl)c1. The molecular weight excluding hydrogens is 467 g/mol. The lowest BCUT2D eigenvalue weighted by molar-refractivity contribution is 0.189. The molecule has 0 aliphatic heterocycles. The number of anilines is 1. The first kappa shape index (κ1) is 24.4. The number of hydrogen-bond donors (Lipinski definition) is 1. The van der Waals surface area contributed by atoms with Crippen LogP contribution < -0.4 is 10.9 Å². The fourth-order valence-electron chi connectivity index (χ4n) is 3.99. The minimum Gasteiger partial charge on any atom is -0.315 e. The van der Waals surface area contributed by atoms with E-state index >= 15 is 0 Å². The van der Waals surface area contributed by atoms with Gasteiger partial charge in [-0.25, -0.2) is 14.2 Å². The number of aromatic nitrogens is 2. The molecule has 35 heavy (non-hydrogen) atoms. The van der Waals surface area contributed by atoms with Gasteiger partial charge in [-0.2, -0.15) is 0 Å². The molecule has 4 aromatic rings. The third-order valence-corrected chi connectivity index (χ3v) is 6.12. The zero-order chi connectivity index (χ0) is 25.1. The highest BCUT2D eigenvalue weighted by Gasteiger charge is 2.27. The Morgan fingerprint density at radius 1 is 1.14 bits per heavy atom. The predicted molar refractivity (Wildman–Crippen MR) is 138 cm³/mol. The Morgan fingerprint density at radius 2 is 1.86 bits per heavy atom. The van der Waals surface area contributed by atoms with Crippen molar-refractivity contribution in [3.05, 3.63) is 99.3 Å². The average molecular weight is 493 g/mol. The molecule has 3 aromatic carbocycles. The molecule has 0 aliphatic carbocycles. The van der Waals surface area contributed by atoms with Crippen LogP contribution in [0.4, 0.5) is 14.9 Å². The molecule has 0 radical (unpaired) electrons. The van der Waals surface area contributed by atoms with Crippen molar-refractivity contribution in [2.75, 3.05) is 11.9 Å². The number of hydrogen-bond acceptors (Lipinski definition) is 3. The topological polar surface area (TPSA) is 67.2 Å². The summed E-state index contributed by atoms with van der Waals surface area (Å²) in [6.07, 6.45) is 0.700. The van der Waals surface area contributed by atoms with Crippen LogP contribution in [0.2, 0.25) is 5.02 Å². The molecule has 1 unspecified atom stereocenters. The van der Waals surface area contributed by atoms with Crippen molar-refractivity contribution in [2.24, 2.45) is 0 Å². The second-order valence-corrected chi connectivity index (χ2v) is 8.80. The summed E-state index contributed by atoms with van der Waals surface area (Å²) in [5.41, 5.74) is 2.32.